The standard InChI is InChI=1S/C15H21NO3/c1-12-3-5-13(6-4-12)19-11-14(17)16-9-7-15(2,18)8-10-16/h3-6,18H,7-11H2,1-2H3. The number of benzene rings is 1. The second-order valence-corrected chi connectivity index (χ2v) is 5.48. The Bertz CT molecular complexity index is 429. The summed E-state index contributed by atoms with van der Waals surface area (Å²) in [5.74, 6) is 0.694. The van der Waals surface area contributed by atoms with Crippen molar-refractivity contribution < 1.29 is 14.6 Å². The van der Waals surface area contributed by atoms with Crippen LogP contribution >= 0.6 is 0 Å². The first-order chi connectivity index (χ1) is 8.96. The number of nitrogens with zero attached hydrogens (tertiary/aromatic N) is 1. The normalized spacial score (nSPS) is 18.2. The molecule has 104 valence electrons. The quantitative estimate of drug-likeness (QED) is 0.904. The van der Waals surface area contributed by atoms with E-state index in [1.165, 1.54) is 0 Å². The third-order valence-electron chi connectivity index (χ3n) is 3.58. The maximum atomic E-state index is 12.0. The van der Waals surface area contributed by atoms with Gasteiger partial charge in [-0.2, -0.15) is 0 Å². The molecule has 0 radical (unpaired) electrons. The van der Waals surface area contributed by atoms with Crippen molar-refractivity contribution >= 4 is 5.91 Å². The molecule has 0 saturated carbocycles. The molecule has 1 heterocycles. The van der Waals surface area contributed by atoms with Crippen molar-refractivity contribution in [3.63, 3.8) is 0 Å². The van der Waals surface area contributed by atoms with Crippen molar-refractivity contribution in [2.75, 3.05) is 19.7 Å². The molecule has 1 fully saturated rings. The minimum Gasteiger partial charge on any atom is -0.484 e. The van der Waals surface area contributed by atoms with Gasteiger partial charge in [0.15, 0.2) is 6.61 Å². The third-order valence-corrected chi connectivity index (χ3v) is 3.58. The zero-order chi connectivity index (χ0) is 13.9. The lowest BCUT2D eigenvalue weighted by Crippen LogP contribution is -2.46. The molecule has 0 unspecified atom stereocenters. The van der Waals surface area contributed by atoms with Crippen LogP contribution in [0.5, 0.6) is 5.75 Å². The average molecular weight is 263 g/mol. The van der Waals surface area contributed by atoms with E-state index < -0.39 is 5.60 Å². The van der Waals surface area contributed by atoms with Gasteiger partial charge < -0.3 is 14.7 Å². The Morgan fingerprint density at radius 3 is 2.47 bits per heavy atom. The van der Waals surface area contributed by atoms with E-state index in [9.17, 15) is 9.90 Å². The molecule has 1 aliphatic heterocycles. The zero-order valence-electron chi connectivity index (χ0n) is 11.6. The van der Waals surface area contributed by atoms with E-state index in [-0.39, 0.29) is 12.5 Å². The number of carbonyl (C=O) groups excluding carboxylic acids is 1. The van der Waals surface area contributed by atoms with Crippen LogP contribution in [0, 0.1) is 6.92 Å². The minimum atomic E-state index is -0.630. The molecule has 1 amide bonds. The number of piperidine rings is 1. The van der Waals surface area contributed by atoms with Crippen molar-refractivity contribution in [3.05, 3.63) is 29.8 Å². The van der Waals surface area contributed by atoms with E-state index in [1.807, 2.05) is 38.1 Å². The molecule has 4 heteroatoms. The maximum Gasteiger partial charge on any atom is 0.260 e. The van der Waals surface area contributed by atoms with Crippen LogP contribution in [-0.4, -0.2) is 41.2 Å². The van der Waals surface area contributed by atoms with Gasteiger partial charge in [-0.15, -0.1) is 0 Å². The zero-order valence-corrected chi connectivity index (χ0v) is 11.6. The summed E-state index contributed by atoms with van der Waals surface area (Å²) in [4.78, 5) is 13.7. The van der Waals surface area contributed by atoms with Gasteiger partial charge in [-0.25, -0.2) is 0 Å². The van der Waals surface area contributed by atoms with Crippen LogP contribution in [0.25, 0.3) is 0 Å². The number of rotatable bonds is 3. The molecule has 2 rings (SSSR count). The smallest absolute Gasteiger partial charge is 0.260 e. The highest BCUT2D eigenvalue weighted by Crippen LogP contribution is 2.21. The molecule has 1 aromatic rings. The number of hydrogen-bond acceptors (Lipinski definition) is 3. The maximum absolute atomic E-state index is 12.0. The Labute approximate surface area is 114 Å². The Balaban J connectivity index is 1.80. The molecule has 4 nitrogen and oxygen atoms in total. The van der Waals surface area contributed by atoms with Crippen LogP contribution in [0.2, 0.25) is 0 Å². The van der Waals surface area contributed by atoms with Gasteiger partial charge in [0.2, 0.25) is 0 Å². The summed E-state index contributed by atoms with van der Waals surface area (Å²) in [6.45, 7) is 5.09. The van der Waals surface area contributed by atoms with Gasteiger partial charge in [0, 0.05) is 13.1 Å². The summed E-state index contributed by atoms with van der Waals surface area (Å²) >= 11 is 0. The minimum absolute atomic E-state index is 0.0175. The highest BCUT2D eigenvalue weighted by Gasteiger charge is 2.29. The van der Waals surface area contributed by atoms with Gasteiger partial charge in [0.25, 0.3) is 5.91 Å². The monoisotopic (exact) mass is 263 g/mol. The second kappa shape index (κ2) is 5.61. The van der Waals surface area contributed by atoms with Crippen molar-refractivity contribution in [3.8, 4) is 5.75 Å². The molecule has 1 aliphatic rings. The highest BCUT2D eigenvalue weighted by molar-refractivity contribution is 5.77. The lowest BCUT2D eigenvalue weighted by Gasteiger charge is -2.35. The van der Waals surface area contributed by atoms with E-state index in [0.717, 1.165) is 5.56 Å². The van der Waals surface area contributed by atoms with Crippen molar-refractivity contribution in [2.24, 2.45) is 0 Å². The summed E-state index contributed by atoms with van der Waals surface area (Å²) < 4.78 is 5.47. The fourth-order valence-corrected chi connectivity index (χ4v) is 2.11. The average Bonchev–Trinajstić information content (AvgIpc) is 2.37. The Morgan fingerprint density at radius 2 is 1.89 bits per heavy atom. The van der Waals surface area contributed by atoms with Gasteiger partial charge in [-0.05, 0) is 38.8 Å². The SMILES string of the molecule is Cc1ccc(OCC(=O)N2CCC(C)(O)CC2)cc1. The summed E-state index contributed by atoms with van der Waals surface area (Å²) in [6, 6.07) is 7.64. The molecular formula is C15H21NO3. The Hall–Kier alpha value is -1.55. The lowest BCUT2D eigenvalue weighted by molar-refractivity contribution is -0.137. The molecule has 19 heavy (non-hydrogen) atoms. The number of aryl methyl sites for hydroxylation is 1. The van der Waals surface area contributed by atoms with E-state index in [2.05, 4.69) is 0 Å². The molecular weight excluding hydrogens is 242 g/mol. The van der Waals surface area contributed by atoms with Gasteiger partial charge in [0.05, 0.1) is 5.60 Å². The van der Waals surface area contributed by atoms with E-state index >= 15 is 0 Å². The Kier molecular flexibility index (Phi) is 4.10. The largest absolute Gasteiger partial charge is 0.484 e. The highest BCUT2D eigenvalue weighted by atomic mass is 16.5. The second-order valence-electron chi connectivity index (χ2n) is 5.48. The van der Waals surface area contributed by atoms with Gasteiger partial charge >= 0.3 is 0 Å². The predicted molar refractivity (Wildman–Crippen MR) is 73.1 cm³/mol. The first kappa shape index (κ1) is 13.9. The fraction of sp³-hybridized carbons (Fsp3) is 0.533. The summed E-state index contributed by atoms with van der Waals surface area (Å²) in [6.07, 6.45) is 1.26. The van der Waals surface area contributed by atoms with Crippen molar-refractivity contribution in [1.82, 2.24) is 4.90 Å². The van der Waals surface area contributed by atoms with Crippen LogP contribution in [0.1, 0.15) is 25.3 Å². The van der Waals surface area contributed by atoms with Crippen LogP contribution in [0.4, 0.5) is 0 Å². The van der Waals surface area contributed by atoms with Crippen LogP contribution < -0.4 is 4.74 Å². The molecule has 0 aromatic heterocycles. The van der Waals surface area contributed by atoms with Gasteiger partial charge in [-0.3, -0.25) is 4.79 Å². The third kappa shape index (κ3) is 3.96. The van der Waals surface area contributed by atoms with Crippen LogP contribution in [-0.2, 0) is 4.79 Å². The topological polar surface area (TPSA) is 49.8 Å². The lowest BCUT2D eigenvalue weighted by atomic mass is 9.94. The predicted octanol–water partition coefficient (Wildman–Crippen LogP) is 1.75. The fourth-order valence-electron chi connectivity index (χ4n) is 2.11. The van der Waals surface area contributed by atoms with Crippen LogP contribution in [0.3, 0.4) is 0 Å². The molecule has 1 N–H and O–H groups in total. The molecule has 0 atom stereocenters. The van der Waals surface area contributed by atoms with E-state index in [0.29, 0.717) is 31.7 Å². The molecule has 1 saturated heterocycles. The van der Waals surface area contributed by atoms with Gasteiger partial charge in [-0.1, -0.05) is 17.7 Å². The molecule has 1 aromatic carbocycles. The van der Waals surface area contributed by atoms with Crippen molar-refractivity contribution in [1.29, 1.82) is 0 Å². The molecule has 0 aliphatic carbocycles. The van der Waals surface area contributed by atoms with Crippen LogP contribution in [0.15, 0.2) is 24.3 Å². The van der Waals surface area contributed by atoms with Gasteiger partial charge in [0.1, 0.15) is 5.75 Å². The Morgan fingerprint density at radius 1 is 1.32 bits per heavy atom. The number of hydrogen-bond donors (Lipinski definition) is 1. The number of amides is 1. The number of aliphatic hydroxyl groups is 1. The van der Waals surface area contributed by atoms with E-state index in [1.54, 1.807) is 4.90 Å². The van der Waals surface area contributed by atoms with Crippen molar-refractivity contribution in [2.45, 2.75) is 32.3 Å². The summed E-state index contributed by atoms with van der Waals surface area (Å²) in [7, 11) is 0. The molecule has 0 bridgehead atoms. The summed E-state index contributed by atoms with van der Waals surface area (Å²) in [5, 5.41) is 9.84. The number of carbonyl (C=O) groups is 1. The number of ether oxygens (including phenoxy) is 1. The number of likely N-dealkylation sites (tertiary alicyclic amines) is 1. The summed E-state index contributed by atoms with van der Waals surface area (Å²) in [5.41, 5.74) is 0.533. The van der Waals surface area contributed by atoms with E-state index in [4.69, 9.17) is 4.74 Å². The first-order valence-corrected chi connectivity index (χ1v) is 6.66. The first-order valence-electron chi connectivity index (χ1n) is 6.66. The molecule has 0 spiro atoms.